The molecule has 3 N–H and O–H groups in total. The van der Waals surface area contributed by atoms with E-state index in [4.69, 9.17) is 4.42 Å². The zero-order chi connectivity index (χ0) is 13.2. The summed E-state index contributed by atoms with van der Waals surface area (Å²) in [6.45, 7) is 1.31. The number of aliphatic hydroxyl groups is 1. The molecule has 2 aromatic rings. The molecule has 0 unspecified atom stereocenters. The molecule has 1 aromatic carbocycles. The smallest absolute Gasteiger partial charge is 0.255 e. The number of piperidine rings is 1. The highest BCUT2D eigenvalue weighted by Crippen LogP contribution is 2.20. The van der Waals surface area contributed by atoms with Gasteiger partial charge >= 0.3 is 0 Å². The number of fused-ring (bicyclic) bond motifs is 1. The van der Waals surface area contributed by atoms with Crippen LogP contribution in [0.1, 0.15) is 16.8 Å². The minimum atomic E-state index is -0.545. The molecule has 0 spiro atoms. The second-order valence-electron chi connectivity index (χ2n) is 4.79. The lowest BCUT2D eigenvalue weighted by Gasteiger charge is -2.28. The molecule has 1 aliphatic heterocycles. The van der Waals surface area contributed by atoms with Gasteiger partial charge in [-0.2, -0.15) is 0 Å². The van der Waals surface area contributed by atoms with Gasteiger partial charge in [0.05, 0.1) is 17.7 Å². The monoisotopic (exact) mass is 296 g/mol. The number of amides is 1. The molecule has 6 heteroatoms. The first-order valence-electron chi connectivity index (χ1n) is 6.41. The van der Waals surface area contributed by atoms with Gasteiger partial charge in [-0.25, -0.2) is 0 Å². The molecule has 0 aliphatic carbocycles. The predicted molar refractivity (Wildman–Crippen MR) is 78.2 cm³/mol. The molecule has 20 heavy (non-hydrogen) atoms. The van der Waals surface area contributed by atoms with Gasteiger partial charge < -0.3 is 20.2 Å². The Morgan fingerprint density at radius 1 is 1.40 bits per heavy atom. The number of halogens is 1. The third-order valence-electron chi connectivity index (χ3n) is 3.49. The number of furan rings is 1. The Kier molecular flexibility index (Phi) is 4.65. The van der Waals surface area contributed by atoms with E-state index in [1.165, 1.54) is 6.26 Å². The minimum absolute atomic E-state index is 0. The van der Waals surface area contributed by atoms with Crippen LogP contribution in [0, 0.1) is 0 Å². The SMILES string of the molecule is Cl.O=C(N[C@@H]1CCNC[C@H]1O)c1coc2ccccc12. The first kappa shape index (κ1) is 14.8. The van der Waals surface area contributed by atoms with E-state index < -0.39 is 6.10 Å². The highest BCUT2D eigenvalue weighted by atomic mass is 35.5. The minimum Gasteiger partial charge on any atom is -0.463 e. The molecule has 0 bridgehead atoms. The summed E-state index contributed by atoms with van der Waals surface area (Å²) in [6.07, 6.45) is 1.65. The van der Waals surface area contributed by atoms with Crippen LogP contribution < -0.4 is 10.6 Å². The molecule has 1 amide bonds. The number of carbonyl (C=O) groups excluding carboxylic acids is 1. The van der Waals surface area contributed by atoms with Crippen molar-refractivity contribution in [2.24, 2.45) is 0 Å². The van der Waals surface area contributed by atoms with Crippen LogP contribution in [-0.2, 0) is 0 Å². The normalized spacial score (nSPS) is 22.2. The fourth-order valence-electron chi connectivity index (χ4n) is 2.41. The third kappa shape index (κ3) is 2.80. The number of para-hydroxylation sites is 1. The van der Waals surface area contributed by atoms with Crippen LogP contribution in [-0.4, -0.2) is 36.2 Å². The summed E-state index contributed by atoms with van der Waals surface area (Å²) >= 11 is 0. The highest BCUT2D eigenvalue weighted by Gasteiger charge is 2.25. The second kappa shape index (κ2) is 6.26. The average Bonchev–Trinajstić information content (AvgIpc) is 2.85. The van der Waals surface area contributed by atoms with Crippen molar-refractivity contribution in [2.75, 3.05) is 13.1 Å². The summed E-state index contributed by atoms with van der Waals surface area (Å²) in [6, 6.07) is 7.21. The Balaban J connectivity index is 0.00000147. The van der Waals surface area contributed by atoms with Crippen LogP contribution in [0.15, 0.2) is 34.9 Å². The summed E-state index contributed by atoms with van der Waals surface area (Å²) < 4.78 is 5.35. The van der Waals surface area contributed by atoms with Gasteiger partial charge in [0.1, 0.15) is 11.8 Å². The lowest BCUT2D eigenvalue weighted by molar-refractivity contribution is 0.0766. The molecule has 1 saturated heterocycles. The van der Waals surface area contributed by atoms with Gasteiger partial charge in [-0.1, -0.05) is 18.2 Å². The maximum atomic E-state index is 12.2. The van der Waals surface area contributed by atoms with Crippen molar-refractivity contribution in [3.05, 3.63) is 36.1 Å². The maximum Gasteiger partial charge on any atom is 0.255 e. The van der Waals surface area contributed by atoms with Crippen LogP contribution in [0.3, 0.4) is 0 Å². The predicted octanol–water partition coefficient (Wildman–Crippen LogP) is 1.31. The van der Waals surface area contributed by atoms with Crippen LogP contribution in [0.25, 0.3) is 11.0 Å². The fourth-order valence-corrected chi connectivity index (χ4v) is 2.41. The molecule has 1 aromatic heterocycles. The van der Waals surface area contributed by atoms with Crippen molar-refractivity contribution in [2.45, 2.75) is 18.6 Å². The number of rotatable bonds is 2. The standard InChI is InChI=1S/C14H16N2O3.ClH/c17-12-7-15-6-5-11(12)16-14(18)10-8-19-13-4-2-1-3-9(10)13;/h1-4,8,11-12,15,17H,5-7H2,(H,16,18);1H/t11-,12-;/m1./s1. The molecular formula is C14H17ClN2O3. The molecule has 2 atom stereocenters. The summed E-state index contributed by atoms with van der Waals surface area (Å²) in [5, 5.41) is 16.6. The fraction of sp³-hybridized carbons (Fsp3) is 0.357. The number of benzene rings is 1. The van der Waals surface area contributed by atoms with Gasteiger partial charge in [-0.15, -0.1) is 12.4 Å². The molecule has 3 rings (SSSR count). The van der Waals surface area contributed by atoms with Gasteiger partial charge in [0.2, 0.25) is 0 Å². The van der Waals surface area contributed by atoms with E-state index in [2.05, 4.69) is 10.6 Å². The molecule has 108 valence electrons. The van der Waals surface area contributed by atoms with Crippen molar-refractivity contribution >= 4 is 29.3 Å². The Bertz CT molecular complexity index is 599. The summed E-state index contributed by atoms with van der Waals surface area (Å²) in [5.74, 6) is -0.198. The zero-order valence-electron chi connectivity index (χ0n) is 10.8. The molecule has 5 nitrogen and oxygen atoms in total. The van der Waals surface area contributed by atoms with E-state index in [9.17, 15) is 9.90 Å². The van der Waals surface area contributed by atoms with Crippen LogP contribution in [0.4, 0.5) is 0 Å². The summed E-state index contributed by atoms with van der Waals surface area (Å²) in [7, 11) is 0. The first-order chi connectivity index (χ1) is 9.25. The van der Waals surface area contributed by atoms with E-state index in [1.54, 1.807) is 0 Å². The summed E-state index contributed by atoms with van der Waals surface area (Å²) in [5.41, 5.74) is 1.21. The topological polar surface area (TPSA) is 74.5 Å². The van der Waals surface area contributed by atoms with Crippen molar-refractivity contribution in [1.82, 2.24) is 10.6 Å². The lowest BCUT2D eigenvalue weighted by Crippen LogP contribution is -2.52. The number of aliphatic hydroxyl groups excluding tert-OH is 1. The van der Waals surface area contributed by atoms with Crippen molar-refractivity contribution in [3.8, 4) is 0 Å². The van der Waals surface area contributed by atoms with Crippen LogP contribution in [0.5, 0.6) is 0 Å². The van der Waals surface area contributed by atoms with E-state index >= 15 is 0 Å². The van der Waals surface area contributed by atoms with E-state index in [1.807, 2.05) is 24.3 Å². The quantitative estimate of drug-likeness (QED) is 0.781. The Morgan fingerprint density at radius 3 is 3.00 bits per heavy atom. The van der Waals surface area contributed by atoms with Gasteiger partial charge in [-0.05, 0) is 19.0 Å². The number of nitrogens with one attached hydrogen (secondary N) is 2. The van der Waals surface area contributed by atoms with Gasteiger partial charge in [-0.3, -0.25) is 4.79 Å². The summed E-state index contributed by atoms with van der Waals surface area (Å²) in [4.78, 5) is 12.2. The van der Waals surface area contributed by atoms with Crippen LogP contribution >= 0.6 is 12.4 Å². The molecular weight excluding hydrogens is 280 g/mol. The second-order valence-corrected chi connectivity index (χ2v) is 4.79. The van der Waals surface area contributed by atoms with Crippen molar-refractivity contribution in [3.63, 3.8) is 0 Å². The Hall–Kier alpha value is -1.56. The van der Waals surface area contributed by atoms with Gasteiger partial charge in [0.15, 0.2) is 0 Å². The number of carbonyl (C=O) groups is 1. The van der Waals surface area contributed by atoms with Crippen LogP contribution in [0.2, 0.25) is 0 Å². The molecule has 1 fully saturated rings. The first-order valence-corrected chi connectivity index (χ1v) is 6.41. The number of hydrogen-bond acceptors (Lipinski definition) is 4. The maximum absolute atomic E-state index is 12.2. The van der Waals surface area contributed by atoms with E-state index in [0.29, 0.717) is 17.7 Å². The molecule has 0 radical (unpaired) electrons. The van der Waals surface area contributed by atoms with E-state index in [-0.39, 0.29) is 24.4 Å². The Morgan fingerprint density at radius 2 is 2.20 bits per heavy atom. The number of β-amino-alcohol motifs (C(OH)–C–C–N with tert-alkyl or cyclic N) is 1. The molecule has 1 aliphatic rings. The highest BCUT2D eigenvalue weighted by molar-refractivity contribution is 6.06. The molecule has 0 saturated carbocycles. The Labute approximate surface area is 122 Å². The lowest BCUT2D eigenvalue weighted by atomic mass is 10.0. The van der Waals surface area contributed by atoms with Crippen molar-refractivity contribution in [1.29, 1.82) is 0 Å². The van der Waals surface area contributed by atoms with Gasteiger partial charge in [0, 0.05) is 11.9 Å². The molecule has 2 heterocycles. The average molecular weight is 297 g/mol. The largest absolute Gasteiger partial charge is 0.463 e. The zero-order valence-corrected chi connectivity index (χ0v) is 11.7. The third-order valence-corrected chi connectivity index (χ3v) is 3.49. The number of hydrogen-bond donors (Lipinski definition) is 3. The van der Waals surface area contributed by atoms with E-state index in [0.717, 1.165) is 18.4 Å². The van der Waals surface area contributed by atoms with Crippen molar-refractivity contribution < 1.29 is 14.3 Å². The van der Waals surface area contributed by atoms with Gasteiger partial charge in [0.25, 0.3) is 5.91 Å².